The van der Waals surface area contributed by atoms with Gasteiger partial charge in [-0.05, 0) is 94.9 Å². The number of hydrogen-bond donors (Lipinski definition) is 1. The van der Waals surface area contributed by atoms with Crippen LogP contribution in [0.25, 0.3) is 0 Å². The van der Waals surface area contributed by atoms with E-state index in [1.54, 1.807) is 18.3 Å². The lowest BCUT2D eigenvalue weighted by atomic mass is 10.2. The van der Waals surface area contributed by atoms with Crippen LogP contribution in [0, 0.1) is 7.14 Å². The van der Waals surface area contributed by atoms with E-state index in [9.17, 15) is 4.79 Å². The minimum atomic E-state index is -0.401. The van der Waals surface area contributed by atoms with Crippen molar-refractivity contribution in [3.63, 3.8) is 0 Å². The van der Waals surface area contributed by atoms with Crippen LogP contribution in [0.4, 0.5) is 0 Å². The van der Waals surface area contributed by atoms with Gasteiger partial charge in [-0.3, -0.25) is 4.79 Å². The second-order valence-electron chi connectivity index (χ2n) is 5.30. The number of benzene rings is 2. The molecule has 0 spiro atoms. The van der Waals surface area contributed by atoms with Crippen LogP contribution in [0.1, 0.15) is 29.8 Å². The van der Waals surface area contributed by atoms with Crippen molar-refractivity contribution in [2.24, 2.45) is 5.10 Å². The number of amides is 1. The predicted molar refractivity (Wildman–Crippen MR) is 119 cm³/mol. The molecule has 0 saturated carbocycles. The van der Waals surface area contributed by atoms with Crippen LogP contribution in [-0.2, 0) is 0 Å². The molecule has 132 valence electrons. The van der Waals surface area contributed by atoms with Gasteiger partial charge < -0.3 is 4.74 Å². The van der Waals surface area contributed by atoms with Crippen molar-refractivity contribution >= 4 is 80.5 Å². The first-order valence-corrected chi connectivity index (χ1v) is 10.1. The van der Waals surface area contributed by atoms with Crippen LogP contribution in [0.3, 0.4) is 0 Å². The Bertz CT molecular complexity index is 803. The highest BCUT2D eigenvalue weighted by Crippen LogP contribution is 2.29. The Morgan fingerprint density at radius 3 is 2.40 bits per heavy atom. The van der Waals surface area contributed by atoms with Gasteiger partial charge in [-0.15, -0.1) is 0 Å². The molecule has 2 rings (SSSR count). The van der Waals surface area contributed by atoms with Crippen LogP contribution in [0.2, 0.25) is 10.0 Å². The average molecular weight is 603 g/mol. The van der Waals surface area contributed by atoms with Gasteiger partial charge in [0.25, 0.3) is 5.91 Å². The fourth-order valence-corrected chi connectivity index (χ4v) is 4.47. The van der Waals surface area contributed by atoms with Crippen molar-refractivity contribution in [2.45, 2.75) is 20.0 Å². The molecule has 0 radical (unpaired) electrons. The summed E-state index contributed by atoms with van der Waals surface area (Å²) in [6, 6.07) is 8.54. The summed E-state index contributed by atoms with van der Waals surface area (Å²) in [5, 5.41) is 4.74. The van der Waals surface area contributed by atoms with E-state index in [4.69, 9.17) is 27.9 Å². The van der Waals surface area contributed by atoms with E-state index in [2.05, 4.69) is 55.7 Å². The van der Waals surface area contributed by atoms with Crippen LogP contribution in [0.15, 0.2) is 35.4 Å². The highest BCUT2D eigenvalue weighted by atomic mass is 127. The van der Waals surface area contributed by atoms with E-state index < -0.39 is 5.91 Å². The molecule has 0 aliphatic carbocycles. The highest BCUT2D eigenvalue weighted by Gasteiger charge is 2.11. The number of nitrogens with one attached hydrogen (secondary N) is 1. The molecule has 2 aromatic carbocycles. The molecule has 4 nitrogen and oxygen atoms in total. The lowest BCUT2D eigenvalue weighted by Gasteiger charge is -2.14. The summed E-state index contributed by atoms with van der Waals surface area (Å²) in [7, 11) is 0. The first-order valence-electron chi connectivity index (χ1n) is 7.22. The molecular formula is C17H14Cl2I2N2O2. The molecule has 0 aliphatic heterocycles. The summed E-state index contributed by atoms with van der Waals surface area (Å²) < 4.78 is 7.76. The Kier molecular flexibility index (Phi) is 7.78. The van der Waals surface area contributed by atoms with Gasteiger partial charge in [-0.25, -0.2) is 5.43 Å². The number of ether oxygens (including phenoxy) is 1. The van der Waals surface area contributed by atoms with Gasteiger partial charge in [-0.1, -0.05) is 23.2 Å². The number of carbonyl (C=O) groups is 1. The fourth-order valence-electron chi connectivity index (χ4n) is 1.90. The topological polar surface area (TPSA) is 50.7 Å². The summed E-state index contributed by atoms with van der Waals surface area (Å²) in [6.07, 6.45) is 1.68. The van der Waals surface area contributed by atoms with Gasteiger partial charge in [0.1, 0.15) is 5.75 Å². The molecule has 0 bridgehead atoms. The van der Waals surface area contributed by atoms with Crippen molar-refractivity contribution in [3.05, 3.63) is 58.6 Å². The van der Waals surface area contributed by atoms with Crippen molar-refractivity contribution in [1.82, 2.24) is 5.43 Å². The minimum Gasteiger partial charge on any atom is -0.489 e. The van der Waals surface area contributed by atoms with E-state index in [0.29, 0.717) is 10.6 Å². The van der Waals surface area contributed by atoms with Crippen LogP contribution < -0.4 is 10.2 Å². The Hall–Kier alpha value is -0.580. The minimum absolute atomic E-state index is 0.102. The van der Waals surface area contributed by atoms with Crippen LogP contribution in [-0.4, -0.2) is 18.2 Å². The molecule has 1 amide bonds. The third-order valence-electron chi connectivity index (χ3n) is 2.93. The second kappa shape index (κ2) is 9.38. The predicted octanol–water partition coefficient (Wildman–Crippen LogP) is 5.75. The molecular weight excluding hydrogens is 589 g/mol. The summed E-state index contributed by atoms with van der Waals surface area (Å²) in [6.45, 7) is 3.97. The smallest absolute Gasteiger partial charge is 0.272 e. The van der Waals surface area contributed by atoms with Crippen molar-refractivity contribution in [1.29, 1.82) is 0 Å². The van der Waals surface area contributed by atoms with Crippen LogP contribution in [0.5, 0.6) is 5.75 Å². The van der Waals surface area contributed by atoms with Gasteiger partial charge in [-0.2, -0.15) is 5.10 Å². The molecule has 0 saturated heterocycles. The first-order chi connectivity index (χ1) is 11.8. The highest BCUT2D eigenvalue weighted by molar-refractivity contribution is 14.1. The third-order valence-corrected chi connectivity index (χ3v) is 5.08. The van der Waals surface area contributed by atoms with E-state index >= 15 is 0 Å². The summed E-state index contributed by atoms with van der Waals surface area (Å²) in [4.78, 5) is 12.1. The average Bonchev–Trinajstić information content (AvgIpc) is 2.50. The molecule has 1 N–H and O–H groups in total. The van der Waals surface area contributed by atoms with Gasteiger partial charge in [0, 0.05) is 5.02 Å². The van der Waals surface area contributed by atoms with E-state index in [1.165, 1.54) is 6.07 Å². The van der Waals surface area contributed by atoms with Gasteiger partial charge in [0.2, 0.25) is 0 Å². The first kappa shape index (κ1) is 20.7. The zero-order chi connectivity index (χ0) is 18.6. The molecule has 0 heterocycles. The Balaban J connectivity index is 2.10. The van der Waals surface area contributed by atoms with Gasteiger partial charge >= 0.3 is 0 Å². The Morgan fingerprint density at radius 1 is 1.20 bits per heavy atom. The molecule has 25 heavy (non-hydrogen) atoms. The van der Waals surface area contributed by atoms with E-state index in [-0.39, 0.29) is 11.1 Å². The maximum absolute atomic E-state index is 12.1. The SMILES string of the molecule is CC(C)Oc1c(I)cc(/C=N\NC(=O)c2ccc(Cl)cc2Cl)cc1I. The summed E-state index contributed by atoms with van der Waals surface area (Å²) >= 11 is 16.3. The number of halogens is 4. The van der Waals surface area contributed by atoms with E-state index in [1.807, 2.05) is 26.0 Å². The number of nitrogens with zero attached hydrogens (tertiary/aromatic N) is 1. The normalized spacial score (nSPS) is 11.2. The maximum atomic E-state index is 12.1. The third kappa shape index (κ3) is 5.97. The molecule has 0 unspecified atom stereocenters. The quantitative estimate of drug-likeness (QED) is 0.269. The molecule has 2 aromatic rings. The van der Waals surface area contributed by atoms with Crippen molar-refractivity contribution in [2.75, 3.05) is 0 Å². The largest absolute Gasteiger partial charge is 0.489 e. The van der Waals surface area contributed by atoms with E-state index in [0.717, 1.165) is 18.5 Å². The molecule has 8 heteroatoms. The standard InChI is InChI=1S/C17H14Cl2I2N2O2/c1-9(2)25-16-14(20)5-10(6-15(16)21)8-22-23-17(24)12-4-3-11(18)7-13(12)19/h3-9H,1-2H3,(H,23,24)/b22-8-. The number of hydrogen-bond acceptors (Lipinski definition) is 3. The summed E-state index contributed by atoms with van der Waals surface area (Å²) in [5.74, 6) is 0.451. The van der Waals surface area contributed by atoms with Crippen LogP contribution >= 0.6 is 68.4 Å². The van der Waals surface area contributed by atoms with Gasteiger partial charge in [0.05, 0.1) is 30.0 Å². The Morgan fingerprint density at radius 2 is 1.84 bits per heavy atom. The second-order valence-corrected chi connectivity index (χ2v) is 8.47. The van der Waals surface area contributed by atoms with Crippen molar-refractivity contribution < 1.29 is 9.53 Å². The number of rotatable bonds is 5. The van der Waals surface area contributed by atoms with Crippen molar-refractivity contribution in [3.8, 4) is 5.75 Å². The molecule has 0 atom stereocenters. The monoisotopic (exact) mass is 602 g/mol. The number of carbonyl (C=O) groups excluding carboxylic acids is 1. The number of hydrazone groups is 1. The molecule has 0 aromatic heterocycles. The maximum Gasteiger partial charge on any atom is 0.272 e. The zero-order valence-electron chi connectivity index (χ0n) is 13.3. The Labute approximate surface area is 183 Å². The lowest BCUT2D eigenvalue weighted by Crippen LogP contribution is -2.18. The molecule has 0 fully saturated rings. The van der Waals surface area contributed by atoms with Gasteiger partial charge in [0.15, 0.2) is 0 Å². The summed E-state index contributed by atoms with van der Waals surface area (Å²) in [5.41, 5.74) is 3.63. The molecule has 0 aliphatic rings. The lowest BCUT2D eigenvalue weighted by molar-refractivity contribution is 0.0955. The zero-order valence-corrected chi connectivity index (χ0v) is 19.1. The fraction of sp³-hybridized carbons (Fsp3) is 0.176.